The Morgan fingerprint density at radius 2 is 1.36 bits per heavy atom. The molecule has 0 heterocycles. The van der Waals surface area contributed by atoms with E-state index in [9.17, 15) is 9.59 Å². The molecule has 0 rings (SSSR count). The SMILES string of the molecule is CCC(=O)OC(OC(=O)CC)C(C)C. The van der Waals surface area contributed by atoms with Gasteiger partial charge in [-0.05, 0) is 0 Å². The second-order valence-corrected chi connectivity index (χ2v) is 3.30. The number of hydrogen-bond donors (Lipinski definition) is 0. The fraction of sp³-hybridized carbons (Fsp3) is 0.800. The van der Waals surface area contributed by atoms with E-state index in [2.05, 4.69) is 0 Å². The van der Waals surface area contributed by atoms with E-state index in [-0.39, 0.29) is 30.7 Å². The maximum atomic E-state index is 11.0. The van der Waals surface area contributed by atoms with Crippen molar-refractivity contribution >= 4 is 11.9 Å². The summed E-state index contributed by atoms with van der Waals surface area (Å²) in [5.41, 5.74) is 0. The third-order valence-corrected chi connectivity index (χ3v) is 1.62. The first kappa shape index (κ1) is 12.9. The Balaban J connectivity index is 4.16. The van der Waals surface area contributed by atoms with Crippen LogP contribution in [0.2, 0.25) is 0 Å². The zero-order valence-electron chi connectivity index (χ0n) is 9.20. The topological polar surface area (TPSA) is 52.6 Å². The van der Waals surface area contributed by atoms with Crippen LogP contribution in [0.25, 0.3) is 0 Å². The lowest BCUT2D eigenvalue weighted by molar-refractivity contribution is -0.195. The van der Waals surface area contributed by atoms with Crippen molar-refractivity contribution in [3.8, 4) is 0 Å². The summed E-state index contributed by atoms with van der Waals surface area (Å²) < 4.78 is 9.90. The van der Waals surface area contributed by atoms with Gasteiger partial charge in [0.1, 0.15) is 0 Å². The summed E-state index contributed by atoms with van der Waals surface area (Å²) in [5, 5.41) is 0. The van der Waals surface area contributed by atoms with Gasteiger partial charge in [0, 0.05) is 18.8 Å². The van der Waals surface area contributed by atoms with E-state index in [0.717, 1.165) is 0 Å². The monoisotopic (exact) mass is 202 g/mol. The zero-order chi connectivity index (χ0) is 11.1. The molecule has 0 fully saturated rings. The molecule has 0 saturated carbocycles. The van der Waals surface area contributed by atoms with Gasteiger partial charge in [-0.2, -0.15) is 0 Å². The highest BCUT2D eigenvalue weighted by molar-refractivity contribution is 5.71. The average Bonchev–Trinajstić information content (AvgIpc) is 2.16. The van der Waals surface area contributed by atoms with Crippen LogP contribution in [0.5, 0.6) is 0 Å². The van der Waals surface area contributed by atoms with E-state index in [1.54, 1.807) is 13.8 Å². The molecule has 0 aromatic rings. The molecule has 0 unspecified atom stereocenters. The molecule has 14 heavy (non-hydrogen) atoms. The lowest BCUT2D eigenvalue weighted by atomic mass is 10.2. The molecule has 0 amide bonds. The molecular weight excluding hydrogens is 184 g/mol. The van der Waals surface area contributed by atoms with E-state index >= 15 is 0 Å². The van der Waals surface area contributed by atoms with Crippen LogP contribution in [-0.4, -0.2) is 18.2 Å². The number of rotatable bonds is 5. The number of ether oxygens (including phenoxy) is 2. The first-order valence-corrected chi connectivity index (χ1v) is 4.90. The van der Waals surface area contributed by atoms with Crippen LogP contribution in [0.4, 0.5) is 0 Å². The molecule has 0 bridgehead atoms. The first-order valence-electron chi connectivity index (χ1n) is 4.90. The molecule has 82 valence electrons. The standard InChI is InChI=1S/C10H18O4/c1-5-8(11)13-10(7(3)4)14-9(12)6-2/h7,10H,5-6H2,1-4H3. The van der Waals surface area contributed by atoms with Gasteiger partial charge < -0.3 is 9.47 Å². The third-order valence-electron chi connectivity index (χ3n) is 1.62. The number of carbonyl (C=O) groups excluding carboxylic acids is 2. The minimum atomic E-state index is -0.755. The van der Waals surface area contributed by atoms with Gasteiger partial charge in [0.05, 0.1) is 0 Å². The molecule has 0 N–H and O–H groups in total. The molecule has 4 heteroatoms. The Morgan fingerprint density at radius 1 is 1.00 bits per heavy atom. The van der Waals surface area contributed by atoms with Gasteiger partial charge in [-0.1, -0.05) is 27.7 Å². The summed E-state index contributed by atoms with van der Waals surface area (Å²) in [6.07, 6.45) is -0.185. The maximum absolute atomic E-state index is 11.0. The summed E-state index contributed by atoms with van der Waals surface area (Å²) in [4.78, 5) is 22.0. The molecule has 0 atom stereocenters. The van der Waals surface area contributed by atoms with Crippen molar-refractivity contribution in [3.63, 3.8) is 0 Å². The Bertz CT molecular complexity index is 180. The van der Waals surface area contributed by atoms with Crippen molar-refractivity contribution in [1.82, 2.24) is 0 Å². The Kier molecular flexibility index (Phi) is 5.92. The number of hydrogen-bond acceptors (Lipinski definition) is 4. The zero-order valence-corrected chi connectivity index (χ0v) is 9.20. The largest absolute Gasteiger partial charge is 0.425 e. The van der Waals surface area contributed by atoms with Crippen LogP contribution in [0, 0.1) is 5.92 Å². The highest BCUT2D eigenvalue weighted by Crippen LogP contribution is 2.10. The molecule has 0 aromatic carbocycles. The summed E-state index contributed by atoms with van der Waals surface area (Å²) in [6, 6.07) is 0. The van der Waals surface area contributed by atoms with Crippen LogP contribution in [0.3, 0.4) is 0 Å². The fourth-order valence-electron chi connectivity index (χ4n) is 0.722. The number of esters is 2. The molecule has 0 radical (unpaired) electrons. The van der Waals surface area contributed by atoms with Crippen molar-refractivity contribution in [2.45, 2.75) is 46.8 Å². The highest BCUT2D eigenvalue weighted by Gasteiger charge is 2.20. The summed E-state index contributed by atoms with van der Waals surface area (Å²) in [6.45, 7) is 7.05. The van der Waals surface area contributed by atoms with Crippen LogP contribution in [0.1, 0.15) is 40.5 Å². The Labute approximate surface area is 84.6 Å². The molecular formula is C10H18O4. The van der Waals surface area contributed by atoms with Gasteiger partial charge in [0.15, 0.2) is 0 Å². The quantitative estimate of drug-likeness (QED) is 0.504. The van der Waals surface area contributed by atoms with Gasteiger partial charge in [0.25, 0.3) is 0 Å². The van der Waals surface area contributed by atoms with E-state index in [1.807, 2.05) is 13.8 Å². The smallest absolute Gasteiger partial charge is 0.308 e. The van der Waals surface area contributed by atoms with Gasteiger partial charge in [-0.3, -0.25) is 9.59 Å². The molecule has 0 aliphatic rings. The van der Waals surface area contributed by atoms with E-state index in [0.29, 0.717) is 0 Å². The minimum Gasteiger partial charge on any atom is -0.425 e. The molecule has 0 aromatic heterocycles. The molecule has 0 aliphatic heterocycles. The molecule has 0 aliphatic carbocycles. The van der Waals surface area contributed by atoms with Crippen molar-refractivity contribution in [2.24, 2.45) is 5.92 Å². The normalized spacial score (nSPS) is 10.4. The minimum absolute atomic E-state index is 0.0269. The van der Waals surface area contributed by atoms with Crippen molar-refractivity contribution in [1.29, 1.82) is 0 Å². The van der Waals surface area contributed by atoms with Crippen molar-refractivity contribution in [3.05, 3.63) is 0 Å². The predicted octanol–water partition coefficient (Wildman–Crippen LogP) is 1.87. The first-order chi connectivity index (χ1) is 6.51. The average molecular weight is 202 g/mol. The van der Waals surface area contributed by atoms with E-state index < -0.39 is 6.29 Å². The van der Waals surface area contributed by atoms with Crippen LogP contribution in [-0.2, 0) is 19.1 Å². The second-order valence-electron chi connectivity index (χ2n) is 3.30. The van der Waals surface area contributed by atoms with Crippen LogP contribution < -0.4 is 0 Å². The molecule has 0 spiro atoms. The van der Waals surface area contributed by atoms with Gasteiger partial charge in [-0.25, -0.2) is 0 Å². The van der Waals surface area contributed by atoms with Crippen LogP contribution >= 0.6 is 0 Å². The van der Waals surface area contributed by atoms with Crippen molar-refractivity contribution in [2.75, 3.05) is 0 Å². The van der Waals surface area contributed by atoms with Gasteiger partial charge in [-0.15, -0.1) is 0 Å². The molecule has 4 nitrogen and oxygen atoms in total. The van der Waals surface area contributed by atoms with E-state index in [4.69, 9.17) is 9.47 Å². The second kappa shape index (κ2) is 6.40. The fourth-order valence-corrected chi connectivity index (χ4v) is 0.722. The summed E-state index contributed by atoms with van der Waals surface area (Å²) >= 11 is 0. The lowest BCUT2D eigenvalue weighted by Gasteiger charge is -2.20. The maximum Gasteiger partial charge on any atom is 0.308 e. The highest BCUT2D eigenvalue weighted by atomic mass is 16.7. The molecule has 0 saturated heterocycles. The predicted molar refractivity (Wildman–Crippen MR) is 51.4 cm³/mol. The third kappa shape index (κ3) is 4.84. The van der Waals surface area contributed by atoms with Crippen molar-refractivity contribution < 1.29 is 19.1 Å². The van der Waals surface area contributed by atoms with Crippen LogP contribution in [0.15, 0.2) is 0 Å². The Hall–Kier alpha value is -1.06. The lowest BCUT2D eigenvalue weighted by Crippen LogP contribution is -2.28. The summed E-state index contributed by atoms with van der Waals surface area (Å²) in [5.74, 6) is -0.735. The number of carbonyl (C=O) groups is 2. The Morgan fingerprint density at radius 3 is 1.57 bits per heavy atom. The van der Waals surface area contributed by atoms with Gasteiger partial charge in [0.2, 0.25) is 6.29 Å². The van der Waals surface area contributed by atoms with Gasteiger partial charge >= 0.3 is 11.9 Å². The summed E-state index contributed by atoms with van der Waals surface area (Å²) in [7, 11) is 0. The van der Waals surface area contributed by atoms with E-state index in [1.165, 1.54) is 0 Å².